The highest BCUT2D eigenvalue weighted by atomic mass is 16.5. The summed E-state index contributed by atoms with van der Waals surface area (Å²) in [5.74, 6) is 0. The molecule has 4 nitrogen and oxygen atoms in total. The fourth-order valence-electron chi connectivity index (χ4n) is 3.08. The summed E-state index contributed by atoms with van der Waals surface area (Å²) in [5.41, 5.74) is 4.45. The van der Waals surface area contributed by atoms with E-state index in [0.717, 1.165) is 35.5 Å². The normalized spacial score (nSPS) is 12.5. The summed E-state index contributed by atoms with van der Waals surface area (Å²) >= 11 is 0. The lowest BCUT2D eigenvalue weighted by Crippen LogP contribution is -2.16. The molecule has 0 N–H and O–H groups in total. The second-order valence-electron chi connectivity index (χ2n) is 6.75. The number of para-hydroxylation sites is 1. The fraction of sp³-hybridized carbons (Fsp3) is 0.318. The number of ether oxygens (including phenoxy) is 1. The van der Waals surface area contributed by atoms with Crippen molar-refractivity contribution in [2.75, 3.05) is 27.2 Å². The van der Waals surface area contributed by atoms with Crippen LogP contribution in [0.25, 0.3) is 5.69 Å². The van der Waals surface area contributed by atoms with Crippen LogP contribution in [0.5, 0.6) is 0 Å². The predicted octanol–water partition coefficient (Wildman–Crippen LogP) is 4.24. The van der Waals surface area contributed by atoms with Gasteiger partial charge in [-0.3, -0.25) is 0 Å². The Bertz CT molecular complexity index is 797. The van der Waals surface area contributed by atoms with Crippen LogP contribution < -0.4 is 0 Å². The minimum atomic E-state index is -0.101. The Morgan fingerprint density at radius 2 is 1.65 bits per heavy atom. The fourth-order valence-corrected chi connectivity index (χ4v) is 3.08. The quantitative estimate of drug-likeness (QED) is 0.570. The van der Waals surface area contributed by atoms with Crippen molar-refractivity contribution >= 4 is 0 Å². The maximum Gasteiger partial charge on any atom is 0.111 e. The van der Waals surface area contributed by atoms with Gasteiger partial charge in [0.15, 0.2) is 0 Å². The number of benzene rings is 2. The van der Waals surface area contributed by atoms with Crippen LogP contribution in [-0.4, -0.2) is 41.9 Å². The molecule has 0 aliphatic heterocycles. The first-order valence-electron chi connectivity index (χ1n) is 9.08. The van der Waals surface area contributed by atoms with Crippen molar-refractivity contribution in [2.24, 2.45) is 0 Å². The second kappa shape index (κ2) is 8.79. The number of hydrogen-bond acceptors (Lipinski definition) is 3. The Kier molecular flexibility index (Phi) is 6.21. The van der Waals surface area contributed by atoms with Gasteiger partial charge >= 0.3 is 0 Å². The maximum atomic E-state index is 6.31. The number of rotatable bonds is 8. The molecule has 0 saturated carbocycles. The third-order valence-corrected chi connectivity index (χ3v) is 4.47. The van der Waals surface area contributed by atoms with E-state index in [0.29, 0.717) is 6.61 Å². The van der Waals surface area contributed by atoms with Gasteiger partial charge in [-0.05, 0) is 51.7 Å². The molecular weight excluding hydrogens is 322 g/mol. The molecule has 0 amide bonds. The predicted molar refractivity (Wildman–Crippen MR) is 106 cm³/mol. The van der Waals surface area contributed by atoms with Crippen molar-refractivity contribution in [1.29, 1.82) is 0 Å². The van der Waals surface area contributed by atoms with Gasteiger partial charge in [0.1, 0.15) is 6.10 Å². The molecule has 136 valence electrons. The molecule has 3 rings (SSSR count). The molecule has 0 saturated heterocycles. The molecule has 0 aliphatic rings. The lowest BCUT2D eigenvalue weighted by atomic mass is 10.0. The smallest absolute Gasteiger partial charge is 0.111 e. The Morgan fingerprint density at radius 3 is 2.31 bits per heavy atom. The van der Waals surface area contributed by atoms with Gasteiger partial charge < -0.3 is 9.64 Å². The average Bonchev–Trinajstić information content (AvgIpc) is 3.04. The highest BCUT2D eigenvalue weighted by Gasteiger charge is 2.20. The Balaban J connectivity index is 1.86. The number of nitrogens with zero attached hydrogens (tertiary/aromatic N) is 3. The summed E-state index contributed by atoms with van der Waals surface area (Å²) in [4.78, 5) is 2.18. The molecule has 0 radical (unpaired) electrons. The van der Waals surface area contributed by atoms with E-state index in [-0.39, 0.29) is 6.10 Å². The first-order valence-corrected chi connectivity index (χ1v) is 9.08. The van der Waals surface area contributed by atoms with Gasteiger partial charge in [0, 0.05) is 17.9 Å². The summed E-state index contributed by atoms with van der Waals surface area (Å²) in [6.45, 7) is 3.84. The Hall–Kier alpha value is -2.43. The largest absolute Gasteiger partial charge is 0.369 e. The van der Waals surface area contributed by atoms with E-state index in [1.54, 1.807) is 0 Å². The third-order valence-electron chi connectivity index (χ3n) is 4.47. The molecule has 26 heavy (non-hydrogen) atoms. The lowest BCUT2D eigenvalue weighted by molar-refractivity contribution is 0.0740. The zero-order valence-electron chi connectivity index (χ0n) is 15.8. The van der Waals surface area contributed by atoms with E-state index >= 15 is 0 Å². The molecule has 0 fully saturated rings. The van der Waals surface area contributed by atoms with Crippen LogP contribution in [0.1, 0.15) is 29.3 Å². The summed E-state index contributed by atoms with van der Waals surface area (Å²) in [6.07, 6.45) is 2.84. The van der Waals surface area contributed by atoms with E-state index in [4.69, 9.17) is 4.74 Å². The number of aromatic nitrogens is 2. The van der Waals surface area contributed by atoms with E-state index in [1.807, 2.05) is 35.1 Å². The van der Waals surface area contributed by atoms with Gasteiger partial charge in [-0.1, -0.05) is 48.5 Å². The van der Waals surface area contributed by atoms with Crippen molar-refractivity contribution in [3.8, 4) is 5.69 Å². The van der Waals surface area contributed by atoms with Gasteiger partial charge in [0.05, 0.1) is 11.9 Å². The molecule has 1 heterocycles. The standard InChI is InChI=1S/C22H27N3O/c1-18-21(17-23-25(18)20-13-8-5-9-14-20)22(19-11-6-4-7-12-19)26-16-10-15-24(2)3/h4-9,11-14,17,22H,10,15-16H2,1-3H3. The van der Waals surface area contributed by atoms with Crippen LogP contribution >= 0.6 is 0 Å². The van der Waals surface area contributed by atoms with E-state index in [9.17, 15) is 0 Å². The van der Waals surface area contributed by atoms with Crippen molar-refractivity contribution in [1.82, 2.24) is 14.7 Å². The Morgan fingerprint density at radius 1 is 1.00 bits per heavy atom. The summed E-state index contributed by atoms with van der Waals surface area (Å²) in [6, 6.07) is 20.6. The van der Waals surface area contributed by atoms with Crippen molar-refractivity contribution < 1.29 is 4.74 Å². The molecule has 2 aromatic carbocycles. The first kappa shape index (κ1) is 18.4. The molecule has 1 unspecified atom stereocenters. The summed E-state index contributed by atoms with van der Waals surface area (Å²) in [5, 5.41) is 4.62. The molecule has 1 aromatic heterocycles. The molecule has 0 aliphatic carbocycles. The molecule has 0 bridgehead atoms. The van der Waals surface area contributed by atoms with Crippen LogP contribution in [-0.2, 0) is 4.74 Å². The maximum absolute atomic E-state index is 6.31. The third kappa shape index (κ3) is 4.40. The molecule has 0 spiro atoms. The molecule has 4 heteroatoms. The number of hydrogen-bond donors (Lipinski definition) is 0. The van der Waals surface area contributed by atoms with Crippen LogP contribution in [0, 0.1) is 6.92 Å². The average molecular weight is 349 g/mol. The molecule has 3 aromatic rings. The highest BCUT2D eigenvalue weighted by Crippen LogP contribution is 2.29. The van der Waals surface area contributed by atoms with E-state index in [2.05, 4.69) is 67.4 Å². The minimum absolute atomic E-state index is 0.101. The molecule has 1 atom stereocenters. The first-order chi connectivity index (χ1) is 12.7. The highest BCUT2D eigenvalue weighted by molar-refractivity contribution is 5.38. The van der Waals surface area contributed by atoms with Crippen LogP contribution in [0.4, 0.5) is 0 Å². The minimum Gasteiger partial charge on any atom is -0.369 e. The van der Waals surface area contributed by atoms with Crippen molar-refractivity contribution in [2.45, 2.75) is 19.4 Å². The van der Waals surface area contributed by atoms with Gasteiger partial charge in [-0.15, -0.1) is 0 Å². The molecular formula is C22H27N3O. The summed E-state index contributed by atoms with van der Waals surface area (Å²) < 4.78 is 8.30. The zero-order chi connectivity index (χ0) is 18.4. The second-order valence-corrected chi connectivity index (χ2v) is 6.75. The van der Waals surface area contributed by atoms with Crippen molar-refractivity contribution in [3.63, 3.8) is 0 Å². The zero-order valence-corrected chi connectivity index (χ0v) is 15.8. The monoisotopic (exact) mass is 349 g/mol. The van der Waals surface area contributed by atoms with Crippen LogP contribution in [0.3, 0.4) is 0 Å². The van der Waals surface area contributed by atoms with E-state index < -0.39 is 0 Å². The van der Waals surface area contributed by atoms with Gasteiger partial charge in [-0.25, -0.2) is 4.68 Å². The Labute approximate surface area is 156 Å². The topological polar surface area (TPSA) is 30.3 Å². The van der Waals surface area contributed by atoms with E-state index in [1.165, 1.54) is 0 Å². The van der Waals surface area contributed by atoms with Crippen LogP contribution in [0.15, 0.2) is 66.9 Å². The van der Waals surface area contributed by atoms with Crippen molar-refractivity contribution in [3.05, 3.63) is 83.7 Å². The van der Waals surface area contributed by atoms with Gasteiger partial charge in [0.2, 0.25) is 0 Å². The van der Waals surface area contributed by atoms with Crippen LogP contribution in [0.2, 0.25) is 0 Å². The lowest BCUT2D eigenvalue weighted by Gasteiger charge is -2.19. The summed E-state index contributed by atoms with van der Waals surface area (Å²) in [7, 11) is 4.17. The van der Waals surface area contributed by atoms with Gasteiger partial charge in [0.25, 0.3) is 0 Å². The van der Waals surface area contributed by atoms with Gasteiger partial charge in [-0.2, -0.15) is 5.10 Å². The SMILES string of the molecule is Cc1c(C(OCCCN(C)C)c2ccccc2)cnn1-c1ccccc1.